The number of oxazole rings is 1. The van der Waals surface area contributed by atoms with E-state index in [-0.39, 0.29) is 5.41 Å². The Hall–Kier alpha value is -0.830. The summed E-state index contributed by atoms with van der Waals surface area (Å²) in [5, 5.41) is 0. The second kappa shape index (κ2) is 3.14. The number of rotatable bonds is 2. The summed E-state index contributed by atoms with van der Waals surface area (Å²) in [6, 6.07) is 0. The lowest BCUT2D eigenvalue weighted by Gasteiger charge is -2.22. The molecule has 1 aliphatic carbocycles. The number of nitrogens with two attached hydrogens (primary N) is 1. The van der Waals surface area contributed by atoms with Gasteiger partial charge in [-0.15, -0.1) is 0 Å². The van der Waals surface area contributed by atoms with Crippen LogP contribution in [-0.4, -0.2) is 11.5 Å². The van der Waals surface area contributed by atoms with E-state index in [9.17, 15) is 0 Å². The minimum atomic E-state index is 0.0499. The summed E-state index contributed by atoms with van der Waals surface area (Å²) < 4.78 is 5.45. The molecule has 0 aromatic carbocycles. The highest BCUT2D eigenvalue weighted by Crippen LogP contribution is 2.39. The SMILES string of the molecule is Cc1coc(C2(CN)CCCC2)n1. The first-order valence-corrected chi connectivity index (χ1v) is 4.89. The summed E-state index contributed by atoms with van der Waals surface area (Å²) in [5.74, 6) is 0.852. The Bertz CT molecular complexity index is 287. The minimum absolute atomic E-state index is 0.0499. The van der Waals surface area contributed by atoms with Crippen molar-refractivity contribution in [3.05, 3.63) is 17.8 Å². The molecule has 1 heterocycles. The van der Waals surface area contributed by atoms with Gasteiger partial charge in [-0.25, -0.2) is 4.98 Å². The van der Waals surface area contributed by atoms with E-state index in [0.29, 0.717) is 6.54 Å². The average molecular weight is 180 g/mol. The predicted molar refractivity (Wildman–Crippen MR) is 50.4 cm³/mol. The van der Waals surface area contributed by atoms with Crippen LogP contribution in [0, 0.1) is 6.92 Å². The third kappa shape index (κ3) is 1.37. The smallest absolute Gasteiger partial charge is 0.201 e. The van der Waals surface area contributed by atoms with Crippen LogP contribution in [0.15, 0.2) is 10.7 Å². The van der Waals surface area contributed by atoms with E-state index < -0.39 is 0 Å². The van der Waals surface area contributed by atoms with Crippen LogP contribution in [0.25, 0.3) is 0 Å². The van der Waals surface area contributed by atoms with Gasteiger partial charge in [0.15, 0.2) is 0 Å². The number of aryl methyl sites for hydroxylation is 1. The maximum atomic E-state index is 5.81. The van der Waals surface area contributed by atoms with E-state index in [4.69, 9.17) is 10.2 Å². The molecule has 1 aliphatic rings. The molecule has 0 spiro atoms. The van der Waals surface area contributed by atoms with E-state index in [0.717, 1.165) is 24.4 Å². The molecule has 1 fully saturated rings. The number of nitrogens with zero attached hydrogens (tertiary/aromatic N) is 1. The molecule has 0 atom stereocenters. The third-order valence-electron chi connectivity index (χ3n) is 3.02. The average Bonchev–Trinajstić information content (AvgIpc) is 2.73. The summed E-state index contributed by atoms with van der Waals surface area (Å²) in [7, 11) is 0. The monoisotopic (exact) mass is 180 g/mol. The lowest BCUT2D eigenvalue weighted by atomic mass is 9.86. The Morgan fingerprint density at radius 2 is 2.23 bits per heavy atom. The fourth-order valence-electron chi connectivity index (χ4n) is 2.15. The first-order chi connectivity index (χ1) is 6.27. The summed E-state index contributed by atoms with van der Waals surface area (Å²) in [4.78, 5) is 4.39. The van der Waals surface area contributed by atoms with Gasteiger partial charge >= 0.3 is 0 Å². The highest BCUT2D eigenvalue weighted by molar-refractivity contribution is 5.10. The van der Waals surface area contributed by atoms with Crippen molar-refractivity contribution < 1.29 is 4.42 Å². The van der Waals surface area contributed by atoms with E-state index in [2.05, 4.69) is 4.98 Å². The summed E-state index contributed by atoms with van der Waals surface area (Å²) in [6.07, 6.45) is 6.47. The zero-order valence-electron chi connectivity index (χ0n) is 8.05. The maximum absolute atomic E-state index is 5.81. The first-order valence-electron chi connectivity index (χ1n) is 4.89. The van der Waals surface area contributed by atoms with Crippen molar-refractivity contribution in [1.29, 1.82) is 0 Å². The molecule has 72 valence electrons. The molecule has 2 rings (SSSR count). The third-order valence-corrected chi connectivity index (χ3v) is 3.02. The molecular weight excluding hydrogens is 164 g/mol. The maximum Gasteiger partial charge on any atom is 0.201 e. The molecule has 0 saturated heterocycles. The van der Waals surface area contributed by atoms with Crippen molar-refractivity contribution in [2.45, 2.75) is 38.0 Å². The number of hydrogen-bond donors (Lipinski definition) is 1. The van der Waals surface area contributed by atoms with Gasteiger partial charge in [-0.1, -0.05) is 12.8 Å². The molecular formula is C10H16N2O. The molecule has 0 amide bonds. The Morgan fingerprint density at radius 1 is 1.54 bits per heavy atom. The first kappa shape index (κ1) is 8.75. The molecule has 0 unspecified atom stereocenters. The molecule has 1 saturated carbocycles. The van der Waals surface area contributed by atoms with Gasteiger partial charge in [0.25, 0.3) is 0 Å². The Labute approximate surface area is 78.3 Å². The molecule has 13 heavy (non-hydrogen) atoms. The second-order valence-electron chi connectivity index (χ2n) is 3.99. The largest absolute Gasteiger partial charge is 0.448 e. The van der Waals surface area contributed by atoms with Crippen molar-refractivity contribution in [1.82, 2.24) is 4.98 Å². The van der Waals surface area contributed by atoms with Crippen LogP contribution in [0.4, 0.5) is 0 Å². The van der Waals surface area contributed by atoms with Crippen LogP contribution in [0.5, 0.6) is 0 Å². The van der Waals surface area contributed by atoms with Crippen LogP contribution in [0.3, 0.4) is 0 Å². The summed E-state index contributed by atoms with van der Waals surface area (Å²) in [5.41, 5.74) is 6.81. The van der Waals surface area contributed by atoms with Gasteiger partial charge in [0.1, 0.15) is 6.26 Å². The van der Waals surface area contributed by atoms with Gasteiger partial charge in [-0.3, -0.25) is 0 Å². The number of hydrogen-bond acceptors (Lipinski definition) is 3. The van der Waals surface area contributed by atoms with Gasteiger partial charge in [-0.2, -0.15) is 0 Å². The van der Waals surface area contributed by atoms with Crippen molar-refractivity contribution in [2.75, 3.05) is 6.54 Å². The van der Waals surface area contributed by atoms with Crippen LogP contribution in [0.2, 0.25) is 0 Å². The van der Waals surface area contributed by atoms with E-state index in [1.807, 2.05) is 6.92 Å². The van der Waals surface area contributed by atoms with Crippen molar-refractivity contribution in [3.8, 4) is 0 Å². The molecule has 3 nitrogen and oxygen atoms in total. The van der Waals surface area contributed by atoms with Crippen molar-refractivity contribution in [3.63, 3.8) is 0 Å². The Morgan fingerprint density at radius 3 is 2.69 bits per heavy atom. The normalized spacial score (nSPS) is 20.8. The quantitative estimate of drug-likeness (QED) is 0.754. The molecule has 1 aromatic heterocycles. The lowest BCUT2D eigenvalue weighted by molar-refractivity contribution is 0.332. The Balaban J connectivity index is 2.30. The fraction of sp³-hybridized carbons (Fsp3) is 0.700. The standard InChI is InChI=1S/C10H16N2O/c1-8-6-13-9(12-8)10(7-11)4-2-3-5-10/h6H,2-5,7,11H2,1H3. The van der Waals surface area contributed by atoms with E-state index in [1.54, 1.807) is 6.26 Å². The molecule has 0 bridgehead atoms. The van der Waals surface area contributed by atoms with Crippen molar-refractivity contribution >= 4 is 0 Å². The summed E-state index contributed by atoms with van der Waals surface area (Å²) >= 11 is 0. The molecule has 0 aliphatic heterocycles. The zero-order chi connectivity index (χ0) is 9.31. The van der Waals surface area contributed by atoms with Crippen LogP contribution in [-0.2, 0) is 5.41 Å². The molecule has 0 radical (unpaired) electrons. The number of aromatic nitrogens is 1. The zero-order valence-corrected chi connectivity index (χ0v) is 8.05. The minimum Gasteiger partial charge on any atom is -0.448 e. The predicted octanol–water partition coefficient (Wildman–Crippen LogP) is 1.75. The van der Waals surface area contributed by atoms with Crippen molar-refractivity contribution in [2.24, 2.45) is 5.73 Å². The molecule has 2 N–H and O–H groups in total. The van der Waals surface area contributed by atoms with Gasteiger partial charge in [0.2, 0.25) is 5.89 Å². The highest BCUT2D eigenvalue weighted by Gasteiger charge is 2.38. The molecule has 3 heteroatoms. The van der Waals surface area contributed by atoms with Gasteiger partial charge in [0.05, 0.1) is 11.1 Å². The topological polar surface area (TPSA) is 52.0 Å². The van der Waals surface area contributed by atoms with Crippen LogP contribution >= 0.6 is 0 Å². The summed E-state index contributed by atoms with van der Waals surface area (Å²) in [6.45, 7) is 2.61. The lowest BCUT2D eigenvalue weighted by Crippen LogP contribution is -2.32. The molecule has 1 aromatic rings. The van der Waals surface area contributed by atoms with Gasteiger partial charge < -0.3 is 10.2 Å². The van der Waals surface area contributed by atoms with Gasteiger partial charge in [-0.05, 0) is 19.8 Å². The highest BCUT2D eigenvalue weighted by atomic mass is 16.3. The Kier molecular flexibility index (Phi) is 2.12. The van der Waals surface area contributed by atoms with Crippen LogP contribution < -0.4 is 5.73 Å². The van der Waals surface area contributed by atoms with Crippen LogP contribution in [0.1, 0.15) is 37.3 Å². The fourth-order valence-corrected chi connectivity index (χ4v) is 2.15. The van der Waals surface area contributed by atoms with E-state index >= 15 is 0 Å². The van der Waals surface area contributed by atoms with Gasteiger partial charge in [0, 0.05) is 6.54 Å². The second-order valence-corrected chi connectivity index (χ2v) is 3.99. The van der Waals surface area contributed by atoms with E-state index in [1.165, 1.54) is 12.8 Å².